The maximum atomic E-state index is 10.0. The minimum atomic E-state index is -2.71. The van der Waals surface area contributed by atoms with Gasteiger partial charge in [-0.05, 0) is 25.1 Å². The number of ether oxygens (including phenoxy) is 2. The van der Waals surface area contributed by atoms with Crippen LogP contribution in [0.2, 0.25) is 0 Å². The third-order valence-electron chi connectivity index (χ3n) is 2.03. The minimum Gasteiger partial charge on any atom is -0.497 e. The highest BCUT2D eigenvalue weighted by Gasteiger charge is 2.17. The van der Waals surface area contributed by atoms with Crippen LogP contribution in [0.1, 0.15) is 26.8 Å². The van der Waals surface area contributed by atoms with E-state index < -0.39 is 26.2 Å². The normalized spacial score (nSPS) is 22.1. The maximum Gasteiger partial charge on any atom is 0.124 e. The van der Waals surface area contributed by atoms with E-state index in [9.17, 15) is 5.11 Å². The molecule has 84 valence electrons. The van der Waals surface area contributed by atoms with Crippen LogP contribution in [0.3, 0.4) is 0 Å². The highest BCUT2D eigenvalue weighted by Crippen LogP contribution is 2.30. The molecule has 0 aliphatic rings. The molecule has 0 fully saturated rings. The summed E-state index contributed by atoms with van der Waals surface area (Å²) in [6.07, 6.45) is -1.23. The van der Waals surface area contributed by atoms with Crippen LogP contribution in [0.4, 0.5) is 0 Å². The second-order valence-electron chi connectivity index (χ2n) is 3.21. The van der Waals surface area contributed by atoms with Crippen molar-refractivity contribution in [1.82, 2.24) is 0 Å². The average Bonchev–Trinajstić information content (AvgIpc) is 2.26. The lowest BCUT2D eigenvalue weighted by Gasteiger charge is -2.18. The van der Waals surface area contributed by atoms with Crippen LogP contribution < -0.4 is 15.2 Å². The van der Waals surface area contributed by atoms with Crippen molar-refractivity contribution in [2.75, 3.05) is 14.1 Å². The Morgan fingerprint density at radius 3 is 2.73 bits per heavy atom. The van der Waals surface area contributed by atoms with Gasteiger partial charge in [0.1, 0.15) is 11.5 Å². The van der Waals surface area contributed by atoms with E-state index in [4.69, 9.17) is 23.4 Å². The molecule has 0 spiro atoms. The number of methoxy groups -OCH3 is 2. The summed E-state index contributed by atoms with van der Waals surface area (Å²) in [4.78, 5) is 0. The van der Waals surface area contributed by atoms with E-state index >= 15 is 0 Å². The Hall–Kier alpha value is -1.26. The standard InChI is InChI=1S/C11H17NO3/c1-7(12)11(13)9-6-8(14-2)4-5-10(9)15-3/h4-7,11,13H,12H2,1-3H3/i2+1D3,3+1D3. The van der Waals surface area contributed by atoms with Crippen molar-refractivity contribution < 1.29 is 22.8 Å². The van der Waals surface area contributed by atoms with Gasteiger partial charge in [0.2, 0.25) is 0 Å². The predicted molar refractivity (Wildman–Crippen MR) is 58.2 cm³/mol. The van der Waals surface area contributed by atoms with Gasteiger partial charge in [0, 0.05) is 11.6 Å². The number of nitrogens with two attached hydrogens (primary N) is 1. The first-order chi connectivity index (χ1) is 9.39. The average molecular weight is 219 g/mol. The van der Waals surface area contributed by atoms with Crippen LogP contribution in [0.25, 0.3) is 0 Å². The first-order valence-corrected chi connectivity index (χ1v) is 4.35. The fourth-order valence-electron chi connectivity index (χ4n) is 1.20. The van der Waals surface area contributed by atoms with E-state index in [2.05, 4.69) is 0 Å². The molecule has 4 nitrogen and oxygen atoms in total. The molecule has 15 heavy (non-hydrogen) atoms. The number of aliphatic hydroxyl groups excluding tert-OH is 1. The van der Waals surface area contributed by atoms with Crippen LogP contribution in [-0.2, 0) is 0 Å². The molecule has 0 amide bonds. The van der Waals surface area contributed by atoms with E-state index in [1.807, 2.05) is 0 Å². The van der Waals surface area contributed by atoms with Gasteiger partial charge in [0.05, 0.1) is 28.4 Å². The van der Waals surface area contributed by atoms with Gasteiger partial charge in [-0.2, -0.15) is 0 Å². The SMILES string of the molecule is [2H][13C]([2H])([2H])Oc1ccc(O[13C]([2H])([2H])[2H])c(C(O)C(C)N)c1. The Kier molecular flexibility index (Phi) is 1.91. The van der Waals surface area contributed by atoms with Gasteiger partial charge in [-0.1, -0.05) is 0 Å². The van der Waals surface area contributed by atoms with Gasteiger partial charge >= 0.3 is 0 Å². The Bertz CT molecular complexity index is 486. The smallest absolute Gasteiger partial charge is 0.124 e. The Labute approximate surface area is 98.0 Å². The summed E-state index contributed by atoms with van der Waals surface area (Å²) in [5.74, 6) is -0.166. The van der Waals surface area contributed by atoms with Crippen LogP contribution in [0.15, 0.2) is 18.2 Å². The second kappa shape index (κ2) is 5.00. The molecule has 1 aromatic carbocycles. The summed E-state index contributed by atoms with van der Waals surface area (Å²) in [7, 11) is -5.37. The van der Waals surface area contributed by atoms with Crippen molar-refractivity contribution in [1.29, 1.82) is 0 Å². The van der Waals surface area contributed by atoms with Gasteiger partial charge in [-0.25, -0.2) is 0 Å². The summed E-state index contributed by atoms with van der Waals surface area (Å²) in [5.41, 5.74) is 5.62. The lowest BCUT2D eigenvalue weighted by molar-refractivity contribution is 0.149. The summed E-state index contributed by atoms with van der Waals surface area (Å²) < 4.78 is 51.9. The predicted octanol–water partition coefficient (Wildman–Crippen LogP) is 1.08. The lowest BCUT2D eigenvalue weighted by Crippen LogP contribution is -2.24. The highest BCUT2D eigenvalue weighted by atomic mass is 16.5. The molecule has 2 atom stereocenters. The van der Waals surface area contributed by atoms with Crippen LogP contribution in [-0.4, -0.2) is 25.2 Å². The fraction of sp³-hybridized carbons (Fsp3) is 0.455. The monoisotopic (exact) mass is 219 g/mol. The zero-order chi connectivity index (χ0) is 16.4. The van der Waals surface area contributed by atoms with Gasteiger partial charge < -0.3 is 20.3 Å². The molecule has 1 aromatic rings. The molecule has 0 heterocycles. The summed E-state index contributed by atoms with van der Waals surface area (Å²) in [5, 5.41) is 10.0. The molecule has 3 N–H and O–H groups in total. The minimum absolute atomic E-state index is 0.0443. The molecule has 0 aromatic heterocycles. The van der Waals surface area contributed by atoms with Gasteiger partial charge in [-0.15, -0.1) is 0 Å². The Morgan fingerprint density at radius 1 is 1.40 bits per heavy atom. The van der Waals surface area contributed by atoms with Crippen molar-refractivity contribution in [3.05, 3.63) is 23.8 Å². The molecule has 0 aliphatic carbocycles. The van der Waals surface area contributed by atoms with Crippen molar-refractivity contribution in [3.63, 3.8) is 0 Å². The van der Waals surface area contributed by atoms with E-state index in [1.165, 1.54) is 25.1 Å². The molecule has 0 saturated heterocycles. The third kappa shape index (κ3) is 2.61. The molecule has 0 radical (unpaired) electrons. The number of hydrogen-bond donors (Lipinski definition) is 2. The van der Waals surface area contributed by atoms with Crippen molar-refractivity contribution in [2.45, 2.75) is 19.1 Å². The summed E-state index contributed by atoms with van der Waals surface area (Å²) in [6, 6.07) is 2.94. The maximum absolute atomic E-state index is 10.0. The molecule has 0 bridgehead atoms. The number of rotatable bonds is 4. The molecule has 1 rings (SSSR count). The zero-order valence-corrected chi connectivity index (χ0v) is 8.23. The number of benzene rings is 1. The van der Waals surface area contributed by atoms with E-state index in [1.54, 1.807) is 0 Å². The van der Waals surface area contributed by atoms with Crippen molar-refractivity contribution in [3.8, 4) is 11.5 Å². The Morgan fingerprint density at radius 2 is 2.13 bits per heavy atom. The first kappa shape index (κ1) is 5.72. The topological polar surface area (TPSA) is 64.7 Å². The highest BCUT2D eigenvalue weighted by molar-refractivity contribution is 5.42. The largest absolute Gasteiger partial charge is 0.497 e. The van der Waals surface area contributed by atoms with E-state index in [0.29, 0.717) is 0 Å². The van der Waals surface area contributed by atoms with Gasteiger partial charge in [-0.3, -0.25) is 0 Å². The second-order valence-corrected chi connectivity index (χ2v) is 3.21. The summed E-state index contributed by atoms with van der Waals surface area (Å²) >= 11 is 0. The zero-order valence-electron chi connectivity index (χ0n) is 14.2. The van der Waals surface area contributed by atoms with Crippen molar-refractivity contribution in [2.24, 2.45) is 5.73 Å². The fourth-order valence-corrected chi connectivity index (χ4v) is 1.20. The lowest BCUT2D eigenvalue weighted by atomic mass is 10.0. The van der Waals surface area contributed by atoms with E-state index in [0.717, 1.165) is 0 Å². The number of hydrogen-bond acceptors (Lipinski definition) is 4. The molecule has 4 heteroatoms. The first-order valence-electron chi connectivity index (χ1n) is 7.35. The molecule has 0 aliphatic heterocycles. The summed E-state index contributed by atoms with van der Waals surface area (Å²) in [6.45, 7) is 1.51. The number of aliphatic hydroxyl groups is 1. The van der Waals surface area contributed by atoms with Crippen LogP contribution in [0, 0.1) is 0 Å². The van der Waals surface area contributed by atoms with Crippen molar-refractivity contribution >= 4 is 0 Å². The molecule has 2 unspecified atom stereocenters. The molecular weight excluding hydrogens is 196 g/mol. The quantitative estimate of drug-likeness (QED) is 0.744. The third-order valence-corrected chi connectivity index (χ3v) is 2.03. The molecule has 0 saturated carbocycles. The van der Waals surface area contributed by atoms with Crippen LogP contribution >= 0.6 is 0 Å². The van der Waals surface area contributed by atoms with Crippen LogP contribution in [0.5, 0.6) is 11.5 Å². The van der Waals surface area contributed by atoms with Gasteiger partial charge in [0.15, 0.2) is 0 Å². The van der Waals surface area contributed by atoms with E-state index in [-0.39, 0.29) is 17.1 Å². The Balaban J connectivity index is 3.20. The molecular formula is C11H17NO3. The van der Waals surface area contributed by atoms with Gasteiger partial charge in [0.25, 0.3) is 0 Å².